The van der Waals surface area contributed by atoms with Crippen LogP contribution in [0.1, 0.15) is 36.7 Å². The Balaban J connectivity index is 2.61. The lowest BCUT2D eigenvalue weighted by atomic mass is 9.96. The molecule has 1 aromatic carbocycles. The second-order valence-electron chi connectivity index (χ2n) is 5.16. The second kappa shape index (κ2) is 5.47. The van der Waals surface area contributed by atoms with E-state index >= 15 is 0 Å². The Kier molecular flexibility index (Phi) is 4.11. The summed E-state index contributed by atoms with van der Waals surface area (Å²) in [6, 6.07) is 6.57. The van der Waals surface area contributed by atoms with E-state index in [1.807, 2.05) is 11.6 Å². The minimum absolute atomic E-state index is 0.442. The van der Waals surface area contributed by atoms with Gasteiger partial charge in [0.2, 0.25) is 0 Å². The topological polar surface area (TPSA) is 43.8 Å². The predicted octanol–water partition coefficient (Wildman–Crippen LogP) is 3.74. The van der Waals surface area contributed by atoms with Crippen molar-refractivity contribution in [1.29, 1.82) is 0 Å². The van der Waals surface area contributed by atoms with E-state index in [1.54, 1.807) is 0 Å². The smallest absolute Gasteiger partial charge is 0.123 e. The maximum absolute atomic E-state index is 5.72. The molecule has 4 heteroatoms. The van der Waals surface area contributed by atoms with Crippen LogP contribution in [0.2, 0.25) is 0 Å². The zero-order valence-corrected chi connectivity index (χ0v) is 13.5. The molecule has 0 aliphatic carbocycles. The first-order valence-corrected chi connectivity index (χ1v) is 7.27. The summed E-state index contributed by atoms with van der Waals surface area (Å²) in [6.07, 6.45) is 0. The molecule has 2 N–H and O–H groups in total. The Morgan fingerprint density at radius 3 is 2.58 bits per heavy atom. The van der Waals surface area contributed by atoms with Crippen LogP contribution in [-0.2, 0) is 13.6 Å². The van der Waals surface area contributed by atoms with Crippen LogP contribution in [-0.4, -0.2) is 9.55 Å². The molecule has 0 aliphatic heterocycles. The summed E-state index contributed by atoms with van der Waals surface area (Å²) in [6.45, 7) is 6.96. The zero-order chi connectivity index (χ0) is 14.2. The van der Waals surface area contributed by atoms with Gasteiger partial charge in [-0.25, -0.2) is 4.98 Å². The van der Waals surface area contributed by atoms with E-state index in [-0.39, 0.29) is 0 Å². The molecular weight excluding hydrogens is 302 g/mol. The number of nitrogens with two attached hydrogens (primary N) is 1. The van der Waals surface area contributed by atoms with E-state index in [2.05, 4.69) is 59.9 Å². The third-order valence-electron chi connectivity index (χ3n) is 3.48. The van der Waals surface area contributed by atoms with Gasteiger partial charge in [-0.3, -0.25) is 0 Å². The molecule has 0 bridgehead atoms. The van der Waals surface area contributed by atoms with E-state index in [1.165, 1.54) is 16.7 Å². The molecule has 1 aromatic heterocycles. The average Bonchev–Trinajstić information content (AvgIpc) is 2.66. The fourth-order valence-corrected chi connectivity index (χ4v) is 2.64. The van der Waals surface area contributed by atoms with Gasteiger partial charge in [0.1, 0.15) is 16.1 Å². The molecule has 0 fully saturated rings. The molecular formula is C15H20BrN3. The molecule has 0 radical (unpaired) electrons. The highest BCUT2D eigenvalue weighted by Crippen LogP contribution is 2.32. The van der Waals surface area contributed by atoms with Crippen molar-refractivity contribution in [3.05, 3.63) is 39.8 Å². The van der Waals surface area contributed by atoms with Gasteiger partial charge in [-0.1, -0.05) is 26.0 Å². The van der Waals surface area contributed by atoms with Crippen LogP contribution in [0.3, 0.4) is 0 Å². The summed E-state index contributed by atoms with van der Waals surface area (Å²) in [5.74, 6) is 1.40. The molecule has 0 saturated carbocycles. The van der Waals surface area contributed by atoms with Gasteiger partial charge in [0.25, 0.3) is 0 Å². The molecule has 2 rings (SSSR count). The predicted molar refractivity (Wildman–Crippen MR) is 83.1 cm³/mol. The standard InChI is InChI=1S/C15H20BrN3/c1-9(2)11-6-5-10(3)12(7-11)14-15(16)19(4)13(8-17)18-14/h5-7,9H,8,17H2,1-4H3. The van der Waals surface area contributed by atoms with Gasteiger partial charge >= 0.3 is 0 Å². The lowest BCUT2D eigenvalue weighted by Crippen LogP contribution is -2.04. The SMILES string of the molecule is Cc1ccc(C(C)C)cc1-c1nc(CN)n(C)c1Br. The number of aryl methyl sites for hydroxylation is 1. The first kappa shape index (κ1) is 14.3. The average molecular weight is 322 g/mol. The first-order chi connectivity index (χ1) is 8.95. The van der Waals surface area contributed by atoms with Crippen molar-refractivity contribution in [1.82, 2.24) is 9.55 Å². The zero-order valence-electron chi connectivity index (χ0n) is 11.9. The Bertz CT molecular complexity index is 600. The molecule has 3 nitrogen and oxygen atoms in total. The molecule has 1 heterocycles. The van der Waals surface area contributed by atoms with Crippen molar-refractivity contribution in [2.45, 2.75) is 33.2 Å². The number of hydrogen-bond donors (Lipinski definition) is 1. The van der Waals surface area contributed by atoms with Crippen molar-refractivity contribution >= 4 is 15.9 Å². The Labute approximate surface area is 123 Å². The van der Waals surface area contributed by atoms with Crippen molar-refractivity contribution in [3.8, 4) is 11.3 Å². The molecule has 0 unspecified atom stereocenters. The van der Waals surface area contributed by atoms with Crippen molar-refractivity contribution in [3.63, 3.8) is 0 Å². The fourth-order valence-electron chi connectivity index (χ4n) is 2.13. The van der Waals surface area contributed by atoms with Crippen LogP contribution >= 0.6 is 15.9 Å². The maximum Gasteiger partial charge on any atom is 0.123 e. The number of halogens is 1. The number of imidazole rings is 1. The highest BCUT2D eigenvalue weighted by Gasteiger charge is 2.15. The van der Waals surface area contributed by atoms with E-state index < -0.39 is 0 Å². The summed E-state index contributed by atoms with van der Waals surface area (Å²) in [7, 11) is 1.98. The number of rotatable bonds is 3. The van der Waals surface area contributed by atoms with Gasteiger partial charge in [-0.2, -0.15) is 0 Å². The second-order valence-corrected chi connectivity index (χ2v) is 5.91. The third-order valence-corrected chi connectivity index (χ3v) is 4.39. The Morgan fingerprint density at radius 2 is 2.05 bits per heavy atom. The number of benzene rings is 1. The van der Waals surface area contributed by atoms with Gasteiger partial charge in [0.05, 0.1) is 6.54 Å². The van der Waals surface area contributed by atoms with Crippen LogP contribution in [0.25, 0.3) is 11.3 Å². The van der Waals surface area contributed by atoms with Gasteiger partial charge < -0.3 is 10.3 Å². The summed E-state index contributed by atoms with van der Waals surface area (Å²) in [5.41, 5.74) is 10.4. The third kappa shape index (κ3) is 2.60. The van der Waals surface area contributed by atoms with Crippen molar-refractivity contribution < 1.29 is 0 Å². The van der Waals surface area contributed by atoms with Crippen LogP contribution in [0, 0.1) is 6.92 Å². The van der Waals surface area contributed by atoms with E-state index in [4.69, 9.17) is 5.73 Å². The van der Waals surface area contributed by atoms with E-state index in [0.29, 0.717) is 12.5 Å². The molecule has 0 amide bonds. The van der Waals surface area contributed by atoms with Crippen LogP contribution in [0.5, 0.6) is 0 Å². The van der Waals surface area contributed by atoms with E-state index in [9.17, 15) is 0 Å². The van der Waals surface area contributed by atoms with E-state index in [0.717, 1.165) is 16.1 Å². The van der Waals surface area contributed by atoms with Crippen molar-refractivity contribution in [2.24, 2.45) is 12.8 Å². The van der Waals surface area contributed by atoms with Gasteiger partial charge in [-0.15, -0.1) is 0 Å². The monoisotopic (exact) mass is 321 g/mol. The van der Waals surface area contributed by atoms with Crippen LogP contribution < -0.4 is 5.73 Å². The molecule has 0 saturated heterocycles. The largest absolute Gasteiger partial charge is 0.324 e. The number of hydrogen-bond acceptors (Lipinski definition) is 2. The number of aromatic nitrogens is 2. The molecule has 0 aliphatic rings. The molecule has 2 aromatic rings. The molecule has 102 valence electrons. The van der Waals surface area contributed by atoms with Crippen LogP contribution in [0.4, 0.5) is 0 Å². The summed E-state index contributed by atoms with van der Waals surface area (Å²) >= 11 is 3.62. The fraction of sp³-hybridized carbons (Fsp3) is 0.400. The van der Waals surface area contributed by atoms with Gasteiger partial charge in [-0.05, 0) is 46.0 Å². The first-order valence-electron chi connectivity index (χ1n) is 6.47. The minimum Gasteiger partial charge on any atom is -0.324 e. The highest BCUT2D eigenvalue weighted by atomic mass is 79.9. The Morgan fingerprint density at radius 1 is 1.37 bits per heavy atom. The van der Waals surface area contributed by atoms with Crippen LogP contribution in [0.15, 0.2) is 22.8 Å². The minimum atomic E-state index is 0.442. The lowest BCUT2D eigenvalue weighted by molar-refractivity contribution is 0.781. The highest BCUT2D eigenvalue weighted by molar-refractivity contribution is 9.10. The quantitative estimate of drug-likeness (QED) is 0.935. The summed E-state index contributed by atoms with van der Waals surface area (Å²) in [5, 5.41) is 0. The normalized spacial score (nSPS) is 11.3. The summed E-state index contributed by atoms with van der Waals surface area (Å²) in [4.78, 5) is 4.65. The lowest BCUT2D eigenvalue weighted by Gasteiger charge is -2.10. The molecule has 0 atom stereocenters. The van der Waals surface area contributed by atoms with Crippen molar-refractivity contribution in [2.75, 3.05) is 0 Å². The molecule has 19 heavy (non-hydrogen) atoms. The van der Waals surface area contributed by atoms with Gasteiger partial charge in [0, 0.05) is 12.6 Å². The van der Waals surface area contributed by atoms with Gasteiger partial charge in [0.15, 0.2) is 0 Å². The molecule has 0 spiro atoms. The maximum atomic E-state index is 5.72. The Hall–Kier alpha value is -1.13. The number of nitrogens with zero attached hydrogens (tertiary/aromatic N) is 2. The summed E-state index contributed by atoms with van der Waals surface area (Å²) < 4.78 is 2.98.